The first-order valence-corrected chi connectivity index (χ1v) is 6.88. The summed E-state index contributed by atoms with van der Waals surface area (Å²) < 4.78 is 0. The molecule has 1 aliphatic rings. The van der Waals surface area contributed by atoms with Crippen molar-refractivity contribution in [3.05, 3.63) is 38.7 Å². The average Bonchev–Trinajstić information content (AvgIpc) is 2.63. The Morgan fingerprint density at radius 3 is 2.74 bits per heavy atom. The van der Waals surface area contributed by atoms with E-state index in [2.05, 4.69) is 5.29 Å². The summed E-state index contributed by atoms with van der Waals surface area (Å²) in [6.07, 6.45) is 0.633. The standard InChI is InChI=1S/C13H16Cl2N2O2/c1-13(2)6-5-11(17(13)16-19)12(18)9-4-3-8(14)7-10(9)15/h3-4,7,11-12,18H,5-6H2,1-2H3. The highest BCUT2D eigenvalue weighted by atomic mass is 35.5. The van der Waals surface area contributed by atoms with E-state index in [0.717, 1.165) is 6.42 Å². The van der Waals surface area contributed by atoms with Gasteiger partial charge in [0.05, 0.1) is 16.9 Å². The topological polar surface area (TPSA) is 52.9 Å². The van der Waals surface area contributed by atoms with Crippen LogP contribution in [0.3, 0.4) is 0 Å². The third kappa shape index (κ3) is 2.71. The van der Waals surface area contributed by atoms with E-state index in [1.54, 1.807) is 18.2 Å². The van der Waals surface area contributed by atoms with Crippen LogP contribution in [0.2, 0.25) is 10.0 Å². The van der Waals surface area contributed by atoms with Crippen LogP contribution in [0.1, 0.15) is 38.4 Å². The number of aliphatic hydroxyl groups excluding tert-OH is 1. The molecule has 2 atom stereocenters. The third-order valence-corrected chi connectivity index (χ3v) is 4.28. The van der Waals surface area contributed by atoms with Crippen molar-refractivity contribution in [2.24, 2.45) is 5.29 Å². The second kappa shape index (κ2) is 5.27. The van der Waals surface area contributed by atoms with Crippen molar-refractivity contribution in [1.82, 2.24) is 5.01 Å². The van der Waals surface area contributed by atoms with Gasteiger partial charge in [0.1, 0.15) is 6.10 Å². The average molecular weight is 303 g/mol. The van der Waals surface area contributed by atoms with Crippen LogP contribution < -0.4 is 0 Å². The second-order valence-electron chi connectivity index (χ2n) is 5.46. The minimum Gasteiger partial charge on any atom is -0.386 e. The van der Waals surface area contributed by atoms with Crippen molar-refractivity contribution in [3.63, 3.8) is 0 Å². The minimum atomic E-state index is -0.857. The zero-order valence-electron chi connectivity index (χ0n) is 10.8. The van der Waals surface area contributed by atoms with Gasteiger partial charge in [0.15, 0.2) is 0 Å². The van der Waals surface area contributed by atoms with Crippen molar-refractivity contribution in [2.75, 3.05) is 0 Å². The van der Waals surface area contributed by atoms with Crippen LogP contribution in [0.15, 0.2) is 23.5 Å². The summed E-state index contributed by atoms with van der Waals surface area (Å²) in [5.74, 6) is 0. The molecule has 19 heavy (non-hydrogen) atoms. The van der Waals surface area contributed by atoms with Gasteiger partial charge in [-0.15, -0.1) is 4.91 Å². The molecule has 0 aromatic heterocycles. The Morgan fingerprint density at radius 1 is 1.47 bits per heavy atom. The highest BCUT2D eigenvalue weighted by Gasteiger charge is 2.44. The van der Waals surface area contributed by atoms with Crippen LogP contribution in [0.5, 0.6) is 0 Å². The van der Waals surface area contributed by atoms with Gasteiger partial charge in [-0.05, 0) is 38.8 Å². The van der Waals surface area contributed by atoms with Gasteiger partial charge in [0, 0.05) is 15.6 Å². The lowest BCUT2D eigenvalue weighted by atomic mass is 10.00. The van der Waals surface area contributed by atoms with Crippen LogP contribution in [0.4, 0.5) is 0 Å². The lowest BCUT2D eigenvalue weighted by Crippen LogP contribution is -2.41. The summed E-state index contributed by atoms with van der Waals surface area (Å²) in [4.78, 5) is 11.0. The van der Waals surface area contributed by atoms with Gasteiger partial charge < -0.3 is 5.11 Å². The molecule has 0 saturated carbocycles. The van der Waals surface area contributed by atoms with Crippen LogP contribution in [0.25, 0.3) is 0 Å². The Labute approximate surface area is 122 Å². The summed E-state index contributed by atoms with van der Waals surface area (Å²) in [7, 11) is 0. The quantitative estimate of drug-likeness (QED) is 0.860. The summed E-state index contributed by atoms with van der Waals surface area (Å²) in [5, 5.41) is 15.9. The van der Waals surface area contributed by atoms with Gasteiger partial charge in [-0.1, -0.05) is 29.3 Å². The Morgan fingerprint density at radius 2 is 2.16 bits per heavy atom. The SMILES string of the molecule is CC1(C)CCC(C(O)c2ccc(Cl)cc2Cl)N1N=O. The van der Waals surface area contributed by atoms with Crippen molar-refractivity contribution in [3.8, 4) is 0 Å². The zero-order chi connectivity index (χ0) is 14.2. The second-order valence-corrected chi connectivity index (χ2v) is 6.30. The first kappa shape index (κ1) is 14.6. The minimum absolute atomic E-state index is 0.341. The predicted octanol–water partition coefficient (Wildman–Crippen LogP) is 3.95. The largest absolute Gasteiger partial charge is 0.386 e. The predicted molar refractivity (Wildman–Crippen MR) is 76.2 cm³/mol. The maximum Gasteiger partial charge on any atom is 0.103 e. The highest BCUT2D eigenvalue weighted by Crippen LogP contribution is 2.40. The van der Waals surface area contributed by atoms with Gasteiger partial charge in [-0.25, -0.2) is 5.01 Å². The molecule has 1 aromatic rings. The van der Waals surface area contributed by atoms with Crippen LogP contribution in [-0.4, -0.2) is 21.7 Å². The van der Waals surface area contributed by atoms with E-state index < -0.39 is 6.10 Å². The van der Waals surface area contributed by atoms with Crippen LogP contribution >= 0.6 is 23.2 Å². The van der Waals surface area contributed by atoms with Crippen LogP contribution in [-0.2, 0) is 0 Å². The van der Waals surface area contributed by atoms with Gasteiger partial charge in [-0.2, -0.15) is 0 Å². The number of nitrogens with zero attached hydrogens (tertiary/aromatic N) is 2. The van der Waals surface area contributed by atoms with Gasteiger partial charge in [0.25, 0.3) is 0 Å². The summed E-state index contributed by atoms with van der Waals surface area (Å²) in [6, 6.07) is 4.58. The molecule has 104 valence electrons. The van der Waals surface area contributed by atoms with Gasteiger partial charge in [-0.3, -0.25) is 0 Å². The molecule has 1 saturated heterocycles. The Hall–Kier alpha value is -0.840. The molecule has 1 fully saturated rings. The van der Waals surface area contributed by atoms with E-state index in [1.807, 2.05) is 13.8 Å². The normalized spacial score (nSPS) is 23.4. The van der Waals surface area contributed by atoms with E-state index in [-0.39, 0.29) is 11.6 Å². The number of halogens is 2. The molecule has 0 bridgehead atoms. The molecule has 0 aliphatic carbocycles. The molecule has 0 amide bonds. The molecule has 0 spiro atoms. The van der Waals surface area contributed by atoms with Crippen LogP contribution in [0, 0.1) is 4.91 Å². The number of benzene rings is 1. The first-order valence-electron chi connectivity index (χ1n) is 6.12. The highest BCUT2D eigenvalue weighted by molar-refractivity contribution is 6.35. The maximum atomic E-state index is 11.0. The maximum absolute atomic E-state index is 11.0. The number of hydrogen-bond donors (Lipinski definition) is 1. The van der Waals surface area contributed by atoms with Crippen molar-refractivity contribution in [1.29, 1.82) is 0 Å². The molecule has 1 aromatic carbocycles. The van der Waals surface area contributed by atoms with E-state index in [9.17, 15) is 10.0 Å². The molecular weight excluding hydrogens is 287 g/mol. The molecule has 4 nitrogen and oxygen atoms in total. The molecule has 1 N–H and O–H groups in total. The smallest absolute Gasteiger partial charge is 0.103 e. The monoisotopic (exact) mass is 302 g/mol. The van der Waals surface area contributed by atoms with E-state index >= 15 is 0 Å². The molecular formula is C13H16Cl2N2O2. The Kier molecular flexibility index (Phi) is 4.04. The third-order valence-electron chi connectivity index (χ3n) is 3.72. The Bertz CT molecular complexity index is 494. The molecule has 1 aliphatic heterocycles. The Balaban J connectivity index is 2.29. The number of hydrogen-bond acceptors (Lipinski definition) is 3. The van der Waals surface area contributed by atoms with Gasteiger partial charge >= 0.3 is 0 Å². The lowest BCUT2D eigenvalue weighted by molar-refractivity contribution is 0.0338. The number of nitroso groups, excluding NO2 is 1. The number of rotatable bonds is 3. The molecule has 2 rings (SSSR count). The zero-order valence-corrected chi connectivity index (χ0v) is 12.3. The fourth-order valence-corrected chi connectivity index (χ4v) is 3.12. The van der Waals surface area contributed by atoms with E-state index in [0.29, 0.717) is 22.0 Å². The summed E-state index contributed by atoms with van der Waals surface area (Å²) in [5.41, 5.74) is 0.231. The van der Waals surface area contributed by atoms with E-state index in [1.165, 1.54) is 5.01 Å². The fourth-order valence-electron chi connectivity index (χ4n) is 2.60. The molecule has 1 heterocycles. The molecule has 0 radical (unpaired) electrons. The summed E-state index contributed by atoms with van der Waals surface area (Å²) in [6.45, 7) is 3.87. The molecule has 2 unspecified atom stereocenters. The fraction of sp³-hybridized carbons (Fsp3) is 0.538. The van der Waals surface area contributed by atoms with E-state index in [4.69, 9.17) is 23.2 Å². The molecule has 6 heteroatoms. The summed E-state index contributed by atoms with van der Waals surface area (Å²) >= 11 is 11.9. The lowest BCUT2D eigenvalue weighted by Gasteiger charge is -2.32. The number of aliphatic hydroxyl groups is 1. The van der Waals surface area contributed by atoms with Crippen molar-refractivity contribution < 1.29 is 5.11 Å². The first-order chi connectivity index (χ1) is 8.86. The van der Waals surface area contributed by atoms with Crippen molar-refractivity contribution in [2.45, 2.75) is 44.4 Å². The van der Waals surface area contributed by atoms with Crippen molar-refractivity contribution >= 4 is 23.2 Å². The van der Waals surface area contributed by atoms with Gasteiger partial charge in [0.2, 0.25) is 0 Å².